The van der Waals surface area contributed by atoms with E-state index in [1.54, 1.807) is 12.1 Å². The molecule has 0 aliphatic heterocycles. The van der Waals surface area contributed by atoms with Crippen molar-refractivity contribution in [3.63, 3.8) is 0 Å². The lowest BCUT2D eigenvalue weighted by molar-refractivity contribution is -0.140. The van der Waals surface area contributed by atoms with Gasteiger partial charge in [0.15, 0.2) is 0 Å². The Labute approximate surface area is 99.5 Å². The standard InChI is InChI=1S/C12H16FNO3/c1-16-8-3-4-9(10(13)7-8)11(14)5-6-12(15)17-2/h3-4,7,11H,5-6,14H2,1-2H3. The summed E-state index contributed by atoms with van der Waals surface area (Å²) in [4.78, 5) is 10.9. The van der Waals surface area contributed by atoms with Crippen molar-refractivity contribution in [1.29, 1.82) is 0 Å². The molecule has 2 N–H and O–H groups in total. The topological polar surface area (TPSA) is 61.5 Å². The molecule has 4 nitrogen and oxygen atoms in total. The smallest absolute Gasteiger partial charge is 0.305 e. The fourth-order valence-electron chi connectivity index (χ4n) is 1.47. The molecule has 0 spiro atoms. The number of benzene rings is 1. The minimum atomic E-state index is -0.528. The predicted octanol–water partition coefficient (Wildman–Crippen LogP) is 1.79. The van der Waals surface area contributed by atoms with E-state index in [0.717, 1.165) is 0 Å². The molecule has 1 rings (SSSR count). The van der Waals surface area contributed by atoms with Gasteiger partial charge in [-0.25, -0.2) is 4.39 Å². The van der Waals surface area contributed by atoms with Gasteiger partial charge in [-0.05, 0) is 12.5 Å². The molecule has 1 atom stereocenters. The van der Waals surface area contributed by atoms with Crippen LogP contribution in [0.1, 0.15) is 24.4 Å². The summed E-state index contributed by atoms with van der Waals surface area (Å²) >= 11 is 0. The quantitative estimate of drug-likeness (QED) is 0.798. The molecule has 0 amide bonds. The molecule has 0 aromatic heterocycles. The Morgan fingerprint density at radius 2 is 2.18 bits per heavy atom. The molecule has 0 radical (unpaired) electrons. The maximum Gasteiger partial charge on any atom is 0.305 e. The summed E-state index contributed by atoms with van der Waals surface area (Å²) in [6.07, 6.45) is 0.513. The number of hydrogen-bond acceptors (Lipinski definition) is 4. The van der Waals surface area contributed by atoms with Crippen molar-refractivity contribution in [1.82, 2.24) is 0 Å². The zero-order chi connectivity index (χ0) is 12.8. The van der Waals surface area contributed by atoms with Gasteiger partial charge in [-0.2, -0.15) is 0 Å². The average Bonchev–Trinajstić information content (AvgIpc) is 2.35. The van der Waals surface area contributed by atoms with Crippen molar-refractivity contribution >= 4 is 5.97 Å². The van der Waals surface area contributed by atoms with E-state index in [4.69, 9.17) is 10.5 Å². The molecule has 0 aliphatic rings. The molecular formula is C12H16FNO3. The van der Waals surface area contributed by atoms with E-state index < -0.39 is 11.9 Å². The van der Waals surface area contributed by atoms with Gasteiger partial charge in [0.1, 0.15) is 11.6 Å². The number of esters is 1. The highest BCUT2D eigenvalue weighted by molar-refractivity contribution is 5.69. The summed E-state index contributed by atoms with van der Waals surface area (Å²) in [6.45, 7) is 0. The summed E-state index contributed by atoms with van der Waals surface area (Å²) in [5.74, 6) is -0.345. The highest BCUT2D eigenvalue weighted by Gasteiger charge is 2.14. The van der Waals surface area contributed by atoms with E-state index in [2.05, 4.69) is 4.74 Å². The Kier molecular flexibility index (Phi) is 4.90. The number of rotatable bonds is 5. The Hall–Kier alpha value is -1.62. The van der Waals surface area contributed by atoms with Gasteiger partial charge >= 0.3 is 5.97 Å². The van der Waals surface area contributed by atoms with Gasteiger partial charge in [0.25, 0.3) is 0 Å². The number of carbonyl (C=O) groups is 1. The molecule has 1 unspecified atom stereocenters. The molecule has 0 heterocycles. The van der Waals surface area contributed by atoms with Crippen LogP contribution >= 0.6 is 0 Å². The van der Waals surface area contributed by atoms with Crippen LogP contribution in [0.2, 0.25) is 0 Å². The maximum atomic E-state index is 13.6. The van der Waals surface area contributed by atoms with Gasteiger partial charge in [-0.3, -0.25) is 4.79 Å². The molecule has 0 bridgehead atoms. The number of nitrogens with two attached hydrogens (primary N) is 1. The lowest BCUT2D eigenvalue weighted by Crippen LogP contribution is -2.14. The van der Waals surface area contributed by atoms with E-state index in [9.17, 15) is 9.18 Å². The van der Waals surface area contributed by atoms with E-state index >= 15 is 0 Å². The number of halogens is 1. The first-order valence-corrected chi connectivity index (χ1v) is 5.24. The monoisotopic (exact) mass is 241 g/mol. The summed E-state index contributed by atoms with van der Waals surface area (Å²) in [5, 5.41) is 0. The van der Waals surface area contributed by atoms with Gasteiger partial charge in [0.2, 0.25) is 0 Å². The Morgan fingerprint density at radius 1 is 1.47 bits per heavy atom. The van der Waals surface area contributed by atoms with E-state index in [1.165, 1.54) is 20.3 Å². The van der Waals surface area contributed by atoms with Crippen molar-refractivity contribution in [3.8, 4) is 5.75 Å². The summed E-state index contributed by atoms with van der Waals surface area (Å²) in [5.41, 5.74) is 6.17. The van der Waals surface area contributed by atoms with Crippen LogP contribution in [-0.4, -0.2) is 20.2 Å². The zero-order valence-electron chi connectivity index (χ0n) is 9.90. The number of carbonyl (C=O) groups excluding carboxylic acids is 1. The molecule has 1 aromatic carbocycles. The molecule has 0 saturated carbocycles. The first-order valence-electron chi connectivity index (χ1n) is 5.24. The SMILES string of the molecule is COC(=O)CCC(N)c1ccc(OC)cc1F. The number of ether oxygens (including phenoxy) is 2. The normalized spacial score (nSPS) is 12.0. The highest BCUT2D eigenvalue weighted by Crippen LogP contribution is 2.23. The van der Waals surface area contributed by atoms with Crippen LogP contribution in [0.4, 0.5) is 4.39 Å². The third-order valence-electron chi connectivity index (χ3n) is 2.49. The summed E-state index contributed by atoms with van der Waals surface area (Å²) in [7, 11) is 2.77. The first kappa shape index (κ1) is 13.4. The fraction of sp³-hybridized carbons (Fsp3) is 0.417. The maximum absolute atomic E-state index is 13.6. The van der Waals surface area contributed by atoms with Crippen LogP contribution in [0, 0.1) is 5.82 Å². The van der Waals surface area contributed by atoms with Crippen molar-refractivity contribution < 1.29 is 18.7 Å². The zero-order valence-corrected chi connectivity index (χ0v) is 9.90. The largest absolute Gasteiger partial charge is 0.497 e. The number of hydrogen-bond donors (Lipinski definition) is 1. The van der Waals surface area contributed by atoms with Gasteiger partial charge < -0.3 is 15.2 Å². The second-order valence-corrected chi connectivity index (χ2v) is 3.61. The average molecular weight is 241 g/mol. The van der Waals surface area contributed by atoms with Gasteiger partial charge in [0.05, 0.1) is 14.2 Å². The van der Waals surface area contributed by atoms with Crippen molar-refractivity contribution in [3.05, 3.63) is 29.6 Å². The minimum absolute atomic E-state index is 0.170. The Bertz CT molecular complexity index is 395. The van der Waals surface area contributed by atoms with Crippen LogP contribution in [0.25, 0.3) is 0 Å². The molecule has 0 aliphatic carbocycles. The molecule has 94 valence electrons. The van der Waals surface area contributed by atoms with Crippen LogP contribution in [0.3, 0.4) is 0 Å². The second kappa shape index (κ2) is 6.20. The highest BCUT2D eigenvalue weighted by atomic mass is 19.1. The second-order valence-electron chi connectivity index (χ2n) is 3.61. The van der Waals surface area contributed by atoms with Crippen molar-refractivity contribution in [2.75, 3.05) is 14.2 Å². The predicted molar refractivity (Wildman–Crippen MR) is 61.1 cm³/mol. The third kappa shape index (κ3) is 3.71. The first-order chi connectivity index (χ1) is 8.08. The minimum Gasteiger partial charge on any atom is -0.497 e. The number of methoxy groups -OCH3 is 2. The lowest BCUT2D eigenvalue weighted by atomic mass is 10.0. The summed E-state index contributed by atoms with van der Waals surface area (Å²) < 4.78 is 23.0. The lowest BCUT2D eigenvalue weighted by Gasteiger charge is -2.13. The molecular weight excluding hydrogens is 225 g/mol. The van der Waals surface area contributed by atoms with Gasteiger partial charge in [-0.15, -0.1) is 0 Å². The Balaban J connectivity index is 2.68. The van der Waals surface area contributed by atoms with Crippen LogP contribution < -0.4 is 10.5 Å². The summed E-state index contributed by atoms with van der Waals surface area (Å²) in [6, 6.07) is 3.94. The van der Waals surface area contributed by atoms with Gasteiger partial charge in [-0.1, -0.05) is 6.07 Å². The third-order valence-corrected chi connectivity index (χ3v) is 2.49. The molecule has 17 heavy (non-hydrogen) atoms. The van der Waals surface area contributed by atoms with Crippen molar-refractivity contribution in [2.24, 2.45) is 5.73 Å². The molecule has 0 fully saturated rings. The van der Waals surface area contributed by atoms with Crippen molar-refractivity contribution in [2.45, 2.75) is 18.9 Å². The van der Waals surface area contributed by atoms with E-state index in [-0.39, 0.29) is 12.4 Å². The van der Waals surface area contributed by atoms with E-state index in [0.29, 0.717) is 17.7 Å². The molecule has 1 aromatic rings. The van der Waals surface area contributed by atoms with Crippen LogP contribution in [0.15, 0.2) is 18.2 Å². The fourth-order valence-corrected chi connectivity index (χ4v) is 1.47. The molecule has 0 saturated heterocycles. The Morgan fingerprint density at radius 3 is 2.71 bits per heavy atom. The van der Waals surface area contributed by atoms with E-state index in [1.807, 2.05) is 0 Å². The van der Waals surface area contributed by atoms with Gasteiger partial charge in [0, 0.05) is 24.1 Å². The van der Waals surface area contributed by atoms with Crippen LogP contribution in [0.5, 0.6) is 5.75 Å². The molecule has 5 heteroatoms. The van der Waals surface area contributed by atoms with Crippen LogP contribution in [-0.2, 0) is 9.53 Å².